The third-order valence-electron chi connectivity index (χ3n) is 2.90. The predicted molar refractivity (Wildman–Crippen MR) is 70.4 cm³/mol. The van der Waals surface area contributed by atoms with Gasteiger partial charge >= 0.3 is 0 Å². The molecule has 0 amide bonds. The Morgan fingerprint density at radius 3 is 2.61 bits per heavy atom. The molecule has 18 heavy (non-hydrogen) atoms. The van der Waals surface area contributed by atoms with E-state index in [9.17, 15) is 0 Å². The van der Waals surface area contributed by atoms with E-state index in [1.165, 1.54) is 0 Å². The van der Waals surface area contributed by atoms with Crippen molar-refractivity contribution in [3.63, 3.8) is 0 Å². The third kappa shape index (κ3) is 1.59. The molecule has 90 valence electrons. The van der Waals surface area contributed by atoms with Crippen molar-refractivity contribution in [3.05, 3.63) is 42.5 Å². The van der Waals surface area contributed by atoms with Crippen LogP contribution in [0.4, 0.5) is 5.88 Å². The second-order valence-corrected chi connectivity index (χ2v) is 3.99. The molecule has 0 saturated carbocycles. The Labute approximate surface area is 104 Å². The normalized spacial score (nSPS) is 10.7. The van der Waals surface area contributed by atoms with Crippen molar-refractivity contribution in [1.29, 1.82) is 0 Å². The molecule has 4 nitrogen and oxygen atoms in total. The number of rotatable bonds is 2. The van der Waals surface area contributed by atoms with Crippen LogP contribution in [-0.4, -0.2) is 12.3 Å². The SMILES string of the molecule is COc1cc(-c2ccccc2)cc2noc(N)c12. The zero-order chi connectivity index (χ0) is 12.5. The van der Waals surface area contributed by atoms with E-state index < -0.39 is 0 Å². The zero-order valence-electron chi connectivity index (χ0n) is 9.88. The fourth-order valence-corrected chi connectivity index (χ4v) is 2.02. The van der Waals surface area contributed by atoms with Crippen molar-refractivity contribution in [2.75, 3.05) is 12.8 Å². The van der Waals surface area contributed by atoms with Gasteiger partial charge in [0.15, 0.2) is 0 Å². The summed E-state index contributed by atoms with van der Waals surface area (Å²) in [5.74, 6) is 0.951. The second-order valence-electron chi connectivity index (χ2n) is 3.99. The Bertz CT molecular complexity index is 690. The minimum Gasteiger partial charge on any atom is -0.496 e. The van der Waals surface area contributed by atoms with Crippen LogP contribution < -0.4 is 10.5 Å². The number of benzene rings is 2. The molecule has 0 aliphatic heterocycles. The molecule has 2 N–H and O–H groups in total. The number of anilines is 1. The smallest absolute Gasteiger partial charge is 0.233 e. The van der Waals surface area contributed by atoms with Crippen LogP contribution >= 0.6 is 0 Å². The van der Waals surface area contributed by atoms with E-state index in [1.54, 1.807) is 7.11 Å². The summed E-state index contributed by atoms with van der Waals surface area (Å²) in [6, 6.07) is 13.9. The molecular weight excluding hydrogens is 228 g/mol. The van der Waals surface area contributed by atoms with Gasteiger partial charge in [-0.2, -0.15) is 0 Å². The highest BCUT2D eigenvalue weighted by atomic mass is 16.5. The number of hydrogen-bond acceptors (Lipinski definition) is 4. The maximum absolute atomic E-state index is 5.73. The Morgan fingerprint density at radius 2 is 1.89 bits per heavy atom. The largest absolute Gasteiger partial charge is 0.496 e. The van der Waals surface area contributed by atoms with Gasteiger partial charge in [-0.3, -0.25) is 0 Å². The number of hydrogen-bond donors (Lipinski definition) is 1. The van der Waals surface area contributed by atoms with Gasteiger partial charge in [-0.25, -0.2) is 0 Å². The van der Waals surface area contributed by atoms with Gasteiger partial charge in [0.05, 0.1) is 7.11 Å². The highest BCUT2D eigenvalue weighted by molar-refractivity contribution is 5.96. The fourth-order valence-electron chi connectivity index (χ4n) is 2.02. The van der Waals surface area contributed by atoms with Crippen molar-refractivity contribution < 1.29 is 9.26 Å². The van der Waals surface area contributed by atoms with Crippen molar-refractivity contribution in [2.45, 2.75) is 0 Å². The summed E-state index contributed by atoms with van der Waals surface area (Å²) in [6.07, 6.45) is 0. The quantitative estimate of drug-likeness (QED) is 0.747. The van der Waals surface area contributed by atoms with Crippen molar-refractivity contribution in [2.24, 2.45) is 0 Å². The number of nitrogens with two attached hydrogens (primary N) is 1. The van der Waals surface area contributed by atoms with Crippen molar-refractivity contribution >= 4 is 16.8 Å². The maximum atomic E-state index is 5.73. The summed E-state index contributed by atoms with van der Waals surface area (Å²) in [6.45, 7) is 0. The van der Waals surface area contributed by atoms with E-state index in [0.717, 1.165) is 16.5 Å². The minimum atomic E-state index is 0.279. The first kappa shape index (κ1) is 10.7. The molecule has 0 atom stereocenters. The molecule has 0 spiro atoms. The molecule has 4 heteroatoms. The van der Waals surface area contributed by atoms with E-state index in [4.69, 9.17) is 15.0 Å². The average Bonchev–Trinajstić information content (AvgIpc) is 2.81. The molecule has 1 heterocycles. The van der Waals surface area contributed by atoms with Crippen molar-refractivity contribution in [3.8, 4) is 16.9 Å². The van der Waals surface area contributed by atoms with E-state index in [2.05, 4.69) is 5.16 Å². The highest BCUT2D eigenvalue weighted by Gasteiger charge is 2.13. The van der Waals surface area contributed by atoms with Gasteiger partial charge in [0.2, 0.25) is 5.88 Å². The summed E-state index contributed by atoms with van der Waals surface area (Å²) >= 11 is 0. The minimum absolute atomic E-state index is 0.279. The number of nitrogen functional groups attached to an aromatic ring is 1. The lowest BCUT2D eigenvalue weighted by atomic mass is 10.0. The van der Waals surface area contributed by atoms with Gasteiger partial charge in [0, 0.05) is 0 Å². The van der Waals surface area contributed by atoms with E-state index in [1.807, 2.05) is 42.5 Å². The van der Waals surface area contributed by atoms with Crippen LogP contribution in [0.2, 0.25) is 0 Å². The molecule has 0 saturated heterocycles. The molecule has 1 aromatic heterocycles. The summed E-state index contributed by atoms with van der Waals surface area (Å²) in [5, 5.41) is 4.65. The van der Waals surface area contributed by atoms with Gasteiger partial charge < -0.3 is 15.0 Å². The molecule has 0 fully saturated rings. The maximum Gasteiger partial charge on any atom is 0.233 e. The lowest BCUT2D eigenvalue weighted by Crippen LogP contribution is -1.88. The first-order chi connectivity index (χ1) is 8.79. The molecule has 3 aromatic rings. The fraction of sp³-hybridized carbons (Fsp3) is 0.0714. The van der Waals surface area contributed by atoms with E-state index in [0.29, 0.717) is 11.3 Å². The molecule has 3 rings (SSSR count). The molecule has 0 unspecified atom stereocenters. The Hall–Kier alpha value is -2.49. The zero-order valence-corrected chi connectivity index (χ0v) is 9.88. The van der Waals surface area contributed by atoms with Gasteiger partial charge in [0.25, 0.3) is 0 Å². The molecule has 0 bridgehead atoms. The van der Waals surface area contributed by atoms with Crippen LogP contribution in [0.15, 0.2) is 47.0 Å². The topological polar surface area (TPSA) is 61.3 Å². The molecule has 0 aliphatic rings. The number of ether oxygens (including phenoxy) is 1. The number of nitrogens with zero attached hydrogens (tertiary/aromatic N) is 1. The Balaban J connectivity index is 2.27. The summed E-state index contributed by atoms with van der Waals surface area (Å²) < 4.78 is 10.3. The Morgan fingerprint density at radius 1 is 1.11 bits per heavy atom. The molecule has 0 aliphatic carbocycles. The Kier molecular flexibility index (Phi) is 2.41. The predicted octanol–water partition coefficient (Wildman–Crippen LogP) is 3.09. The van der Waals surface area contributed by atoms with Gasteiger partial charge in [-0.05, 0) is 23.3 Å². The second kappa shape index (κ2) is 4.07. The first-order valence-electron chi connectivity index (χ1n) is 5.58. The third-order valence-corrected chi connectivity index (χ3v) is 2.90. The average molecular weight is 240 g/mol. The number of fused-ring (bicyclic) bond motifs is 1. The van der Waals surface area contributed by atoms with Crippen molar-refractivity contribution in [1.82, 2.24) is 5.16 Å². The number of methoxy groups -OCH3 is 1. The molecule has 2 aromatic carbocycles. The van der Waals surface area contributed by atoms with E-state index in [-0.39, 0.29) is 5.88 Å². The van der Waals surface area contributed by atoms with Crippen LogP contribution in [0.3, 0.4) is 0 Å². The summed E-state index contributed by atoms with van der Waals surface area (Å²) in [4.78, 5) is 0. The van der Waals surface area contributed by atoms with E-state index >= 15 is 0 Å². The van der Waals surface area contributed by atoms with Crippen LogP contribution in [0.25, 0.3) is 22.0 Å². The highest BCUT2D eigenvalue weighted by Crippen LogP contribution is 2.35. The van der Waals surface area contributed by atoms with Crippen LogP contribution in [-0.2, 0) is 0 Å². The van der Waals surface area contributed by atoms with Crippen LogP contribution in [0, 0.1) is 0 Å². The molecular formula is C14H12N2O2. The van der Waals surface area contributed by atoms with Gasteiger partial charge in [0.1, 0.15) is 16.7 Å². The number of aromatic nitrogens is 1. The van der Waals surface area contributed by atoms with Crippen LogP contribution in [0.1, 0.15) is 0 Å². The lowest BCUT2D eigenvalue weighted by Gasteiger charge is -2.06. The summed E-state index contributed by atoms with van der Waals surface area (Å²) in [7, 11) is 1.61. The van der Waals surface area contributed by atoms with Gasteiger partial charge in [-0.1, -0.05) is 35.5 Å². The summed E-state index contributed by atoms with van der Waals surface area (Å²) in [5.41, 5.74) is 8.55. The standard InChI is InChI=1S/C14H12N2O2/c1-17-12-8-10(9-5-3-2-4-6-9)7-11-13(12)14(15)18-16-11/h2-8H,15H2,1H3. The lowest BCUT2D eigenvalue weighted by molar-refractivity contribution is 0.419. The van der Waals surface area contributed by atoms with Gasteiger partial charge in [-0.15, -0.1) is 0 Å². The monoisotopic (exact) mass is 240 g/mol. The molecule has 0 radical (unpaired) electrons. The first-order valence-corrected chi connectivity index (χ1v) is 5.58. The van der Waals surface area contributed by atoms with Crippen LogP contribution in [0.5, 0.6) is 5.75 Å².